The molecule has 6 heteroatoms. The first kappa shape index (κ1) is 15.7. The van der Waals surface area contributed by atoms with E-state index in [9.17, 15) is 0 Å². The highest BCUT2D eigenvalue weighted by Gasteiger charge is 2.10. The predicted molar refractivity (Wildman–Crippen MR) is 85.3 cm³/mol. The van der Waals surface area contributed by atoms with Crippen molar-refractivity contribution in [2.45, 2.75) is 17.9 Å². The van der Waals surface area contributed by atoms with Crippen LogP contribution in [-0.2, 0) is 13.0 Å². The number of hydrogen-bond donors (Lipinski definition) is 2. The molecule has 0 spiro atoms. The molecule has 0 radical (unpaired) electrons. The number of hydrogen-bond acceptors (Lipinski definition) is 5. The minimum atomic E-state index is 0.762. The largest absolute Gasteiger partial charge is 0.493 e. The average molecular weight is 307 g/mol. The van der Waals surface area contributed by atoms with Crippen molar-refractivity contribution < 1.29 is 9.47 Å². The Kier molecular flexibility index (Phi) is 5.95. The number of thioether (sulfide) groups is 1. The van der Waals surface area contributed by atoms with Crippen LogP contribution >= 0.6 is 11.8 Å². The van der Waals surface area contributed by atoms with Gasteiger partial charge in [0.15, 0.2) is 11.5 Å². The van der Waals surface area contributed by atoms with Crippen LogP contribution in [-0.4, -0.2) is 37.0 Å². The molecule has 0 aliphatic heterocycles. The molecule has 21 heavy (non-hydrogen) atoms. The maximum Gasteiger partial charge on any atom is 0.161 e. The molecule has 114 valence electrons. The van der Waals surface area contributed by atoms with Crippen molar-refractivity contribution >= 4 is 11.8 Å². The van der Waals surface area contributed by atoms with E-state index < -0.39 is 0 Å². The summed E-state index contributed by atoms with van der Waals surface area (Å²) in [4.78, 5) is 8.50. The zero-order valence-electron chi connectivity index (χ0n) is 12.6. The summed E-state index contributed by atoms with van der Waals surface area (Å²) in [5.74, 6) is 2.53. The number of rotatable bonds is 8. The Morgan fingerprint density at radius 1 is 1.24 bits per heavy atom. The first-order valence-corrected chi connectivity index (χ1v) is 7.98. The lowest BCUT2D eigenvalue weighted by Gasteiger charge is -2.14. The highest BCUT2D eigenvalue weighted by atomic mass is 32.2. The van der Waals surface area contributed by atoms with Crippen molar-refractivity contribution in [1.29, 1.82) is 0 Å². The summed E-state index contributed by atoms with van der Waals surface area (Å²) in [6.45, 7) is 1.66. The maximum absolute atomic E-state index is 5.36. The minimum Gasteiger partial charge on any atom is -0.493 e. The van der Waals surface area contributed by atoms with Crippen molar-refractivity contribution in [3.8, 4) is 11.5 Å². The second-order valence-electron chi connectivity index (χ2n) is 4.48. The standard InChI is InChI=1S/C15H21N3O2S/c1-19-12-8-11(14(21-3)9-13(12)20-2)10-16-5-4-15-17-6-7-18-15/h6-9,16H,4-5,10H2,1-3H3,(H,17,18). The van der Waals surface area contributed by atoms with Crippen LogP contribution in [0.5, 0.6) is 11.5 Å². The molecule has 0 aliphatic carbocycles. The number of benzene rings is 1. The maximum atomic E-state index is 5.36. The second kappa shape index (κ2) is 7.95. The summed E-state index contributed by atoms with van der Waals surface area (Å²) in [5.41, 5.74) is 1.21. The molecule has 0 atom stereocenters. The van der Waals surface area contributed by atoms with Gasteiger partial charge in [0.2, 0.25) is 0 Å². The molecular formula is C15H21N3O2S. The smallest absolute Gasteiger partial charge is 0.161 e. The number of imidazole rings is 1. The molecule has 0 amide bonds. The van der Waals surface area contributed by atoms with Crippen molar-refractivity contribution in [3.63, 3.8) is 0 Å². The number of ether oxygens (including phenoxy) is 2. The van der Waals surface area contributed by atoms with Crippen molar-refractivity contribution in [3.05, 3.63) is 35.9 Å². The normalized spacial score (nSPS) is 10.6. The Hall–Kier alpha value is -1.66. The summed E-state index contributed by atoms with van der Waals surface area (Å²) in [6.07, 6.45) is 6.56. The first-order chi connectivity index (χ1) is 10.3. The van der Waals surface area contributed by atoms with Gasteiger partial charge in [-0.3, -0.25) is 0 Å². The Balaban J connectivity index is 1.97. The molecule has 2 aromatic rings. The second-order valence-corrected chi connectivity index (χ2v) is 5.33. The number of nitrogens with zero attached hydrogens (tertiary/aromatic N) is 1. The van der Waals surface area contributed by atoms with Gasteiger partial charge in [-0.15, -0.1) is 11.8 Å². The van der Waals surface area contributed by atoms with Gasteiger partial charge in [-0.1, -0.05) is 0 Å². The van der Waals surface area contributed by atoms with E-state index in [0.717, 1.165) is 36.8 Å². The fraction of sp³-hybridized carbons (Fsp3) is 0.400. The minimum absolute atomic E-state index is 0.762. The van der Waals surface area contributed by atoms with E-state index in [-0.39, 0.29) is 0 Å². The number of nitrogens with one attached hydrogen (secondary N) is 2. The van der Waals surface area contributed by atoms with Crippen LogP contribution in [0.2, 0.25) is 0 Å². The third-order valence-corrected chi connectivity index (χ3v) is 4.02. The lowest BCUT2D eigenvalue weighted by atomic mass is 10.2. The molecule has 1 heterocycles. The van der Waals surface area contributed by atoms with E-state index in [1.807, 2.05) is 18.3 Å². The van der Waals surface area contributed by atoms with Gasteiger partial charge < -0.3 is 19.8 Å². The van der Waals surface area contributed by atoms with Gasteiger partial charge in [0.05, 0.1) is 14.2 Å². The number of aromatic amines is 1. The predicted octanol–water partition coefficient (Wildman–Crippen LogP) is 2.48. The van der Waals surface area contributed by atoms with Crippen LogP contribution in [0.4, 0.5) is 0 Å². The van der Waals surface area contributed by atoms with Gasteiger partial charge in [-0.2, -0.15) is 0 Å². The lowest BCUT2D eigenvalue weighted by molar-refractivity contribution is 0.353. The highest BCUT2D eigenvalue weighted by molar-refractivity contribution is 7.98. The topological polar surface area (TPSA) is 59.2 Å². The fourth-order valence-electron chi connectivity index (χ4n) is 2.10. The number of aromatic nitrogens is 2. The number of H-pyrrole nitrogens is 1. The first-order valence-electron chi connectivity index (χ1n) is 6.76. The van der Waals surface area contributed by atoms with Crippen LogP contribution in [0.3, 0.4) is 0 Å². The quantitative estimate of drug-likeness (QED) is 0.579. The van der Waals surface area contributed by atoms with Gasteiger partial charge in [0, 0.05) is 36.8 Å². The van der Waals surface area contributed by atoms with E-state index in [4.69, 9.17) is 9.47 Å². The summed E-state index contributed by atoms with van der Waals surface area (Å²) < 4.78 is 10.7. The Morgan fingerprint density at radius 3 is 2.62 bits per heavy atom. The zero-order chi connectivity index (χ0) is 15.1. The molecular weight excluding hydrogens is 286 g/mol. The molecule has 0 saturated carbocycles. The van der Waals surface area contributed by atoms with E-state index in [2.05, 4.69) is 21.5 Å². The van der Waals surface area contributed by atoms with Crippen molar-refractivity contribution in [2.24, 2.45) is 0 Å². The molecule has 2 N–H and O–H groups in total. The van der Waals surface area contributed by atoms with Gasteiger partial charge in [0.25, 0.3) is 0 Å². The van der Waals surface area contributed by atoms with E-state index in [0.29, 0.717) is 0 Å². The third kappa shape index (κ3) is 4.15. The zero-order valence-corrected chi connectivity index (χ0v) is 13.4. The van der Waals surface area contributed by atoms with Crippen molar-refractivity contribution in [1.82, 2.24) is 15.3 Å². The van der Waals surface area contributed by atoms with Gasteiger partial charge in [0.1, 0.15) is 5.82 Å². The molecule has 0 bridgehead atoms. The van der Waals surface area contributed by atoms with E-state index in [1.165, 1.54) is 10.5 Å². The molecule has 0 aliphatic rings. The van der Waals surface area contributed by atoms with Crippen LogP contribution in [0.1, 0.15) is 11.4 Å². The molecule has 2 rings (SSSR count). The highest BCUT2D eigenvalue weighted by Crippen LogP contribution is 2.34. The fourth-order valence-corrected chi connectivity index (χ4v) is 2.71. The molecule has 1 aromatic heterocycles. The lowest BCUT2D eigenvalue weighted by Crippen LogP contribution is -2.17. The summed E-state index contributed by atoms with van der Waals surface area (Å²) >= 11 is 1.71. The van der Waals surface area contributed by atoms with E-state index >= 15 is 0 Å². The van der Waals surface area contributed by atoms with Crippen LogP contribution in [0.15, 0.2) is 29.4 Å². The van der Waals surface area contributed by atoms with Crippen LogP contribution < -0.4 is 14.8 Å². The van der Waals surface area contributed by atoms with Crippen LogP contribution in [0, 0.1) is 0 Å². The van der Waals surface area contributed by atoms with Gasteiger partial charge in [-0.05, 0) is 24.0 Å². The Morgan fingerprint density at radius 2 is 2.00 bits per heavy atom. The third-order valence-electron chi connectivity index (χ3n) is 3.20. The summed E-state index contributed by atoms with van der Waals surface area (Å²) in [7, 11) is 3.31. The van der Waals surface area contributed by atoms with Gasteiger partial charge in [-0.25, -0.2) is 4.98 Å². The SMILES string of the molecule is COc1cc(CNCCc2ncc[nH]2)c(SC)cc1OC. The molecule has 0 saturated heterocycles. The summed E-state index contributed by atoms with van der Waals surface area (Å²) in [5, 5.41) is 3.43. The molecule has 0 fully saturated rings. The monoisotopic (exact) mass is 307 g/mol. The molecule has 1 aromatic carbocycles. The van der Waals surface area contributed by atoms with Crippen molar-refractivity contribution in [2.75, 3.05) is 27.0 Å². The summed E-state index contributed by atoms with van der Waals surface area (Å²) in [6, 6.07) is 4.05. The Labute approximate surface area is 129 Å². The molecule has 5 nitrogen and oxygen atoms in total. The average Bonchev–Trinajstić information content (AvgIpc) is 3.04. The van der Waals surface area contributed by atoms with Gasteiger partial charge >= 0.3 is 0 Å². The number of methoxy groups -OCH3 is 2. The van der Waals surface area contributed by atoms with E-state index in [1.54, 1.807) is 32.2 Å². The van der Waals surface area contributed by atoms with Crippen LogP contribution in [0.25, 0.3) is 0 Å². The Bertz CT molecular complexity index is 558. The molecule has 0 unspecified atom stereocenters.